The molecule has 7 aromatic carbocycles. The monoisotopic (exact) mass is 748 g/mol. The van der Waals surface area contributed by atoms with Crippen molar-refractivity contribution in [3.05, 3.63) is 191 Å². The van der Waals surface area contributed by atoms with E-state index in [9.17, 15) is 0 Å². The lowest BCUT2D eigenvalue weighted by Crippen LogP contribution is -2.18. The predicted molar refractivity (Wildman–Crippen MR) is 238 cm³/mol. The maximum Gasteiger partial charge on any atom is 0.238 e. The van der Waals surface area contributed by atoms with Crippen LogP contribution in [0.4, 0.5) is 17.3 Å². The van der Waals surface area contributed by atoms with Crippen LogP contribution in [-0.2, 0) is 16.2 Å². The molecule has 1 heterocycles. The summed E-state index contributed by atoms with van der Waals surface area (Å²) in [5.74, 6) is 1.86. The Labute approximate surface area is 341 Å². The molecule has 0 spiro atoms. The van der Waals surface area contributed by atoms with Crippen LogP contribution in [0.15, 0.2) is 158 Å². The minimum absolute atomic E-state index is 0.0974. The van der Waals surface area contributed by atoms with E-state index in [2.05, 4.69) is 204 Å². The van der Waals surface area contributed by atoms with Gasteiger partial charge >= 0.3 is 0 Å². The van der Waals surface area contributed by atoms with Gasteiger partial charge in [0.15, 0.2) is 11.6 Å². The van der Waals surface area contributed by atoms with Crippen LogP contribution in [0.1, 0.15) is 74.9 Å². The Hall–Kier alpha value is -6.65. The Morgan fingerprint density at radius 3 is 1.36 bits per heavy atom. The summed E-state index contributed by atoms with van der Waals surface area (Å²) in [4.78, 5) is 18.4. The van der Waals surface area contributed by atoms with Crippen molar-refractivity contribution in [3.63, 3.8) is 0 Å². The van der Waals surface area contributed by atoms with Gasteiger partial charge < -0.3 is 0 Å². The number of aromatic nitrogens is 3. The zero-order valence-corrected chi connectivity index (χ0v) is 33.8. The van der Waals surface area contributed by atoms with Crippen molar-refractivity contribution in [1.82, 2.24) is 15.0 Å². The third-order valence-corrected chi connectivity index (χ3v) is 13.3. The molecule has 0 unspecified atom stereocenters. The summed E-state index contributed by atoms with van der Waals surface area (Å²) in [6.07, 6.45) is 0. The number of hydrogen-bond acceptors (Lipinski definition) is 4. The highest BCUT2D eigenvalue weighted by Crippen LogP contribution is 2.53. The summed E-state index contributed by atoms with van der Waals surface area (Å²) in [6.45, 7) is 13.9. The molecule has 0 fully saturated rings. The lowest BCUT2D eigenvalue weighted by Gasteiger charge is -2.27. The standard InChI is InChI=1S/C54H44N4/c1-52(2)45-23-15-12-20-39(45)42-30-33(25-29-46(42)52)49-55-50(34-24-27-40-37-18-10-13-21-43(37)53(3,4)47(40)31-34)57-51(56-49)58(35-16-8-7-9-17-35)36-26-28-41-38-19-11-14-22-44(38)54(5,6)48(41)32-36/h7-32H,1-6H3. The minimum atomic E-state index is -0.164. The summed E-state index contributed by atoms with van der Waals surface area (Å²) in [7, 11) is 0. The number of rotatable bonds is 5. The average molecular weight is 749 g/mol. The number of hydrogen-bond donors (Lipinski definition) is 0. The van der Waals surface area contributed by atoms with E-state index in [-0.39, 0.29) is 16.2 Å². The van der Waals surface area contributed by atoms with Gasteiger partial charge in [-0.05, 0) is 103 Å². The third-order valence-electron chi connectivity index (χ3n) is 13.3. The highest BCUT2D eigenvalue weighted by atomic mass is 15.3. The first-order chi connectivity index (χ1) is 28.0. The number of nitrogens with zero attached hydrogens (tertiary/aromatic N) is 4. The van der Waals surface area contributed by atoms with E-state index < -0.39 is 0 Å². The fourth-order valence-corrected chi connectivity index (χ4v) is 10.2. The molecule has 280 valence electrons. The SMILES string of the molecule is CC1(C)c2ccccc2-c2cc(-c3nc(-c4ccc5c(c4)C(C)(C)c4ccccc4-5)nc(N(c4ccccc4)c4ccc5c(c4)C(C)(C)c4ccccc4-5)n3)ccc21. The third kappa shape index (κ3) is 4.91. The minimum Gasteiger partial charge on any atom is -0.279 e. The molecule has 58 heavy (non-hydrogen) atoms. The molecule has 8 aromatic rings. The highest BCUT2D eigenvalue weighted by Gasteiger charge is 2.38. The lowest BCUT2D eigenvalue weighted by atomic mass is 9.82. The van der Waals surface area contributed by atoms with E-state index in [1.54, 1.807) is 0 Å². The summed E-state index contributed by atoms with van der Waals surface area (Å²) in [5.41, 5.74) is 19.1. The second kappa shape index (κ2) is 12.2. The van der Waals surface area contributed by atoms with E-state index >= 15 is 0 Å². The van der Waals surface area contributed by atoms with Crippen LogP contribution in [0.2, 0.25) is 0 Å². The molecule has 3 aliphatic carbocycles. The van der Waals surface area contributed by atoms with E-state index in [0.717, 1.165) is 22.5 Å². The first-order valence-corrected chi connectivity index (χ1v) is 20.4. The van der Waals surface area contributed by atoms with E-state index in [0.29, 0.717) is 17.6 Å². The Bertz CT molecular complexity index is 2990. The van der Waals surface area contributed by atoms with Gasteiger partial charge in [0.05, 0.1) is 0 Å². The van der Waals surface area contributed by atoms with Crippen molar-refractivity contribution in [1.29, 1.82) is 0 Å². The molecule has 0 N–H and O–H groups in total. The summed E-state index contributed by atoms with van der Waals surface area (Å²) >= 11 is 0. The topological polar surface area (TPSA) is 41.9 Å². The average Bonchev–Trinajstić information content (AvgIpc) is 3.73. The van der Waals surface area contributed by atoms with Gasteiger partial charge in [0.25, 0.3) is 0 Å². The van der Waals surface area contributed by atoms with Crippen LogP contribution in [0.25, 0.3) is 56.2 Å². The molecule has 3 aliphatic rings. The summed E-state index contributed by atoms with van der Waals surface area (Å²) in [5, 5.41) is 0. The van der Waals surface area contributed by atoms with Gasteiger partial charge in [-0.3, -0.25) is 4.90 Å². The van der Waals surface area contributed by atoms with Crippen molar-refractivity contribution < 1.29 is 0 Å². The fourth-order valence-electron chi connectivity index (χ4n) is 10.2. The zero-order chi connectivity index (χ0) is 39.6. The van der Waals surface area contributed by atoms with Crippen LogP contribution >= 0.6 is 0 Å². The molecule has 0 saturated heterocycles. The van der Waals surface area contributed by atoms with Gasteiger partial charge in [-0.25, -0.2) is 4.98 Å². The maximum atomic E-state index is 5.41. The molecule has 0 aliphatic heterocycles. The van der Waals surface area contributed by atoms with Crippen molar-refractivity contribution >= 4 is 17.3 Å². The second-order valence-corrected chi connectivity index (χ2v) is 17.7. The largest absolute Gasteiger partial charge is 0.279 e. The molecule has 0 radical (unpaired) electrons. The van der Waals surface area contributed by atoms with Gasteiger partial charge in [-0.15, -0.1) is 0 Å². The van der Waals surface area contributed by atoms with E-state index in [1.165, 1.54) is 66.8 Å². The molecule has 1 aromatic heterocycles. The molecule has 4 heteroatoms. The first kappa shape index (κ1) is 34.6. The van der Waals surface area contributed by atoms with Crippen LogP contribution in [0.5, 0.6) is 0 Å². The Morgan fingerprint density at radius 1 is 0.328 bits per heavy atom. The first-order valence-electron chi connectivity index (χ1n) is 20.4. The highest BCUT2D eigenvalue weighted by molar-refractivity contribution is 5.87. The zero-order valence-electron chi connectivity index (χ0n) is 33.8. The molecule has 11 rings (SSSR count). The number of fused-ring (bicyclic) bond motifs is 9. The summed E-state index contributed by atoms with van der Waals surface area (Å²) in [6, 6.07) is 57.2. The molecule has 0 atom stereocenters. The predicted octanol–water partition coefficient (Wildman–Crippen LogP) is 13.6. The Morgan fingerprint density at radius 2 is 0.759 bits per heavy atom. The van der Waals surface area contributed by atoms with Gasteiger partial charge in [-0.1, -0.05) is 163 Å². The maximum absolute atomic E-state index is 5.41. The van der Waals surface area contributed by atoms with Crippen LogP contribution in [0.3, 0.4) is 0 Å². The van der Waals surface area contributed by atoms with Gasteiger partial charge in [-0.2, -0.15) is 9.97 Å². The van der Waals surface area contributed by atoms with Crippen molar-refractivity contribution in [2.24, 2.45) is 0 Å². The van der Waals surface area contributed by atoms with Gasteiger partial charge in [0, 0.05) is 38.7 Å². The van der Waals surface area contributed by atoms with Crippen molar-refractivity contribution in [2.75, 3.05) is 4.90 Å². The smallest absolute Gasteiger partial charge is 0.238 e. The lowest BCUT2D eigenvalue weighted by molar-refractivity contribution is 0.660. The molecule has 0 bridgehead atoms. The summed E-state index contributed by atoms with van der Waals surface area (Å²) < 4.78 is 0. The molecule has 4 nitrogen and oxygen atoms in total. The van der Waals surface area contributed by atoms with Crippen molar-refractivity contribution in [2.45, 2.75) is 57.8 Å². The number of anilines is 3. The van der Waals surface area contributed by atoms with Gasteiger partial charge in [0.2, 0.25) is 5.95 Å². The number of para-hydroxylation sites is 1. The fraction of sp³-hybridized carbons (Fsp3) is 0.167. The second-order valence-electron chi connectivity index (χ2n) is 17.7. The van der Waals surface area contributed by atoms with Crippen LogP contribution in [-0.4, -0.2) is 15.0 Å². The number of benzene rings is 7. The van der Waals surface area contributed by atoms with Crippen molar-refractivity contribution in [3.8, 4) is 56.2 Å². The van der Waals surface area contributed by atoms with Gasteiger partial charge in [0.1, 0.15) is 0 Å². The van der Waals surface area contributed by atoms with E-state index in [4.69, 9.17) is 15.0 Å². The molecular formula is C54H44N4. The Balaban J connectivity index is 1.13. The Kier molecular flexibility index (Phi) is 7.26. The normalized spacial score (nSPS) is 15.5. The van der Waals surface area contributed by atoms with Crippen LogP contribution < -0.4 is 4.90 Å². The molecule has 0 amide bonds. The van der Waals surface area contributed by atoms with Crippen LogP contribution in [0, 0.1) is 0 Å². The quantitative estimate of drug-likeness (QED) is 0.176. The molecular weight excluding hydrogens is 705 g/mol. The van der Waals surface area contributed by atoms with E-state index in [1.807, 2.05) is 0 Å². The molecule has 0 saturated carbocycles.